The van der Waals surface area contributed by atoms with Gasteiger partial charge in [0.1, 0.15) is 67.0 Å². The maximum absolute atomic E-state index is 15.3. The number of benzene rings is 2. The van der Waals surface area contributed by atoms with Gasteiger partial charge in [0, 0.05) is 88.3 Å². The lowest BCUT2D eigenvalue weighted by Crippen LogP contribution is -2.61. The van der Waals surface area contributed by atoms with Crippen LogP contribution in [0.3, 0.4) is 0 Å². The topological polar surface area (TPSA) is 617 Å². The highest BCUT2D eigenvalue weighted by atomic mass is 16.5. The molecule has 3 fully saturated rings. The number of aliphatic hydroxyl groups is 1. The SMILES string of the molecule is CCCC[C@H](NC(=O)[C@@H]1CCCN1C(=O)[C@H](CC(N)=O)NC(=O)[C@H](CC(N)=O)NC(=O)COCCOCCNC(=O)CCCCCCCCCCCCCCC(=O)O)C(=O)N[C@H]1CCC(=O)NCCCC[C@@H](C(N)=O)NC(=O)[C@H](Cc2c[nH]c3ccccc23)NC(=O)[C@H](CCCN=C(N)N)NC(=O)[C@H](Cc2ccccc2)NC(=O)[C@@H]2C[C@@H](O)CN2C1=O. The minimum atomic E-state index is -1.78. The van der Waals surface area contributed by atoms with Crippen LogP contribution in [0.2, 0.25) is 0 Å². The maximum atomic E-state index is 15.3. The molecule has 0 aliphatic carbocycles. The Bertz CT molecular complexity index is 3990. The number of guanidine groups is 1. The van der Waals surface area contributed by atoms with E-state index in [1.807, 2.05) is 18.2 Å². The first-order valence-electron chi connectivity index (χ1n) is 42.6. The van der Waals surface area contributed by atoms with Crippen molar-refractivity contribution >= 4 is 111 Å². The van der Waals surface area contributed by atoms with Gasteiger partial charge in [0.2, 0.25) is 88.6 Å². The Labute approximate surface area is 710 Å². The Hall–Kier alpha value is -11.4. The van der Waals surface area contributed by atoms with E-state index in [9.17, 15) is 77.0 Å². The van der Waals surface area contributed by atoms with Crippen LogP contribution >= 0.6 is 0 Å². The molecule has 2 aromatic carbocycles. The van der Waals surface area contributed by atoms with Gasteiger partial charge < -0.3 is 116 Å². The number of unbranched alkanes of at least 4 members (excludes halogenated alkanes) is 12. The van der Waals surface area contributed by atoms with Crippen molar-refractivity contribution in [1.29, 1.82) is 0 Å². The summed E-state index contributed by atoms with van der Waals surface area (Å²) in [5.41, 5.74) is 30.1. The number of rotatable bonds is 47. The molecule has 0 saturated carbocycles. The molecule has 0 spiro atoms. The molecule has 15 amide bonds. The number of ether oxygens (including phenoxy) is 2. The Balaban J connectivity index is 1.11. The number of nitrogens with two attached hydrogens (primary N) is 5. The lowest BCUT2D eigenvalue weighted by Gasteiger charge is -2.32. The number of primary amides is 3. The Kier molecular flexibility index (Phi) is 44.1. The number of H-pyrrole nitrogens is 1. The monoisotopic (exact) mass is 1710 g/mol. The molecule has 4 heterocycles. The van der Waals surface area contributed by atoms with E-state index in [0.717, 1.165) is 97.8 Å². The van der Waals surface area contributed by atoms with E-state index in [2.05, 4.69) is 63.1 Å². The summed E-state index contributed by atoms with van der Waals surface area (Å²) in [5, 5.41) is 47.4. The number of nitrogens with zero attached hydrogens (tertiary/aromatic N) is 3. The van der Waals surface area contributed by atoms with E-state index in [1.165, 1.54) is 0 Å². The van der Waals surface area contributed by atoms with Gasteiger partial charge in [0.25, 0.3) is 0 Å². The molecule has 39 heteroatoms. The third kappa shape index (κ3) is 36.1. The predicted octanol–water partition coefficient (Wildman–Crippen LogP) is -0.960. The molecule has 23 N–H and O–H groups in total. The minimum absolute atomic E-state index is 0.00000522. The largest absolute Gasteiger partial charge is 0.481 e. The second-order valence-corrected chi connectivity index (χ2v) is 31.3. The Morgan fingerprint density at radius 2 is 1.24 bits per heavy atom. The third-order valence-electron chi connectivity index (χ3n) is 21.4. The number of fused-ring (bicyclic) bond motifs is 2. The molecule has 3 saturated heterocycles. The van der Waals surface area contributed by atoms with Crippen molar-refractivity contribution in [3.05, 3.63) is 71.9 Å². The number of carbonyl (C=O) groups excluding carboxylic acids is 15. The van der Waals surface area contributed by atoms with Gasteiger partial charge in [-0.05, 0) is 87.8 Å². The summed E-state index contributed by atoms with van der Waals surface area (Å²) in [6.45, 7) is 0.924. The first kappa shape index (κ1) is 99.5. The molecule has 3 aromatic rings. The number of hydrogen-bond acceptors (Lipinski definition) is 20. The fraction of sp³-hybridized carbons (Fsp3) is 0.627. The smallest absolute Gasteiger partial charge is 0.303 e. The number of para-hydroxylation sites is 1. The molecule has 39 nitrogen and oxygen atoms in total. The second-order valence-electron chi connectivity index (χ2n) is 31.3. The van der Waals surface area contributed by atoms with Crippen LogP contribution in [-0.4, -0.2) is 251 Å². The number of likely N-dealkylation sites (tertiary alicyclic amines) is 1. The second kappa shape index (κ2) is 54.1. The molecule has 0 radical (unpaired) electrons. The van der Waals surface area contributed by atoms with Gasteiger partial charge in [0.05, 0.1) is 38.8 Å². The van der Waals surface area contributed by atoms with Crippen LogP contribution in [0.1, 0.15) is 204 Å². The zero-order valence-corrected chi connectivity index (χ0v) is 69.9. The van der Waals surface area contributed by atoms with Crippen molar-refractivity contribution in [3.63, 3.8) is 0 Å². The number of carbonyl (C=O) groups is 16. The molecular weight excluding hydrogens is 1580 g/mol. The van der Waals surface area contributed by atoms with Gasteiger partial charge >= 0.3 is 5.97 Å². The minimum Gasteiger partial charge on any atom is -0.481 e. The quantitative estimate of drug-likeness (QED) is 0.0184. The highest BCUT2D eigenvalue weighted by molar-refractivity contribution is 6.01. The van der Waals surface area contributed by atoms with E-state index in [1.54, 1.807) is 49.5 Å². The average molecular weight is 1710 g/mol. The molecule has 0 bridgehead atoms. The molecule has 11 atom stereocenters. The summed E-state index contributed by atoms with van der Waals surface area (Å²) in [6.07, 6.45) is 11.4. The summed E-state index contributed by atoms with van der Waals surface area (Å²) in [7, 11) is 0. The van der Waals surface area contributed by atoms with Crippen LogP contribution in [0.15, 0.2) is 65.8 Å². The van der Waals surface area contributed by atoms with E-state index < -0.39 is 194 Å². The summed E-state index contributed by atoms with van der Waals surface area (Å²) in [6, 6.07) is 0.576. The maximum Gasteiger partial charge on any atom is 0.303 e. The van der Waals surface area contributed by atoms with Crippen LogP contribution in [-0.2, 0) is 99.0 Å². The lowest BCUT2D eigenvalue weighted by atomic mass is 10.0. The zero-order chi connectivity index (χ0) is 88.9. The third-order valence-corrected chi connectivity index (χ3v) is 21.4. The van der Waals surface area contributed by atoms with Crippen molar-refractivity contribution in [1.82, 2.24) is 68.0 Å². The first-order valence-corrected chi connectivity index (χ1v) is 42.6. The number of nitrogens with one attached hydrogen (secondary N) is 11. The van der Waals surface area contributed by atoms with Crippen molar-refractivity contribution in [3.8, 4) is 0 Å². The summed E-state index contributed by atoms with van der Waals surface area (Å²) in [5.74, 6) is -14.0. The Morgan fingerprint density at radius 1 is 0.615 bits per heavy atom. The van der Waals surface area contributed by atoms with Gasteiger partial charge in [-0.25, -0.2) is 0 Å². The molecule has 0 unspecified atom stereocenters. The standard InChI is InChI=1S/C83H127N19O20/c1-2-3-28-58(96-79(117)65-32-24-40-101(65)82(120)64(48-68(85)105)100-78(116)63(47-67(84)104)93-71(108)51-122-43-42-121-41-39-90-69(106)33-17-12-10-8-6-4-5-7-9-11-13-18-34-72(109)110)74(112)97-60-35-36-70(107)89-37-22-21-30-57(73(86)111)94-77(115)62(45-53-49-92-56-29-20-19-27-55(53)56)98-75(113)59(31-23-38-91-83(87)88)95-76(114)61(44-52-25-15-14-16-26-52)99-80(118)66-46-54(103)50-102(66)81(60)119/h14-16,19-20,25-27,29,49,54,57-66,92,103H,2-13,17-18,21-24,28,30-48,50-51H2,1H3,(H2,84,104)(H2,85,105)(H2,86,111)(H,89,107)(H,90,106)(H,93,108)(H,94,115)(H,95,114)(H,96,117)(H,97,112)(H,98,113)(H,99,118)(H,100,116)(H,109,110)(H4,87,88,91)/t54-,57+,58+,59+,60+,61+,62+,63+,64+,65+,66+/m1/s1. The average Bonchev–Trinajstić information content (AvgIpc) is 1.65. The van der Waals surface area contributed by atoms with E-state index >= 15 is 4.79 Å². The van der Waals surface area contributed by atoms with Crippen LogP contribution in [0.25, 0.3) is 10.9 Å². The molecule has 122 heavy (non-hydrogen) atoms. The highest BCUT2D eigenvalue weighted by Crippen LogP contribution is 2.25. The number of aromatic nitrogens is 1. The van der Waals surface area contributed by atoms with E-state index in [-0.39, 0.29) is 135 Å². The summed E-state index contributed by atoms with van der Waals surface area (Å²) in [4.78, 5) is 230. The summed E-state index contributed by atoms with van der Waals surface area (Å²) < 4.78 is 10.9. The molecule has 674 valence electrons. The van der Waals surface area contributed by atoms with Gasteiger partial charge in [0.15, 0.2) is 5.96 Å². The number of carboxylic acid groups (broad SMARTS) is 1. The number of aliphatic hydroxyl groups excluding tert-OH is 1. The van der Waals surface area contributed by atoms with Gasteiger partial charge in [-0.1, -0.05) is 133 Å². The molecule has 3 aliphatic heterocycles. The number of hydrogen-bond donors (Lipinski definition) is 18. The zero-order valence-electron chi connectivity index (χ0n) is 69.9. The van der Waals surface area contributed by atoms with Crippen molar-refractivity contribution < 1.29 is 96.4 Å². The normalized spacial score (nSPS) is 20.4. The number of carboxylic acids is 1. The number of aliphatic carboxylic acids is 1. The number of aromatic amines is 1. The molecule has 3 aliphatic rings. The first-order chi connectivity index (χ1) is 58.5. The van der Waals surface area contributed by atoms with E-state index in [4.69, 9.17) is 43.2 Å². The predicted molar refractivity (Wildman–Crippen MR) is 448 cm³/mol. The fourth-order valence-electron chi connectivity index (χ4n) is 14.9. The van der Waals surface area contributed by atoms with Gasteiger partial charge in [-0.3, -0.25) is 81.7 Å². The van der Waals surface area contributed by atoms with E-state index in [0.29, 0.717) is 30.4 Å². The van der Waals surface area contributed by atoms with Crippen LogP contribution in [0.5, 0.6) is 0 Å². The molecule has 1 aromatic heterocycles. The van der Waals surface area contributed by atoms with Crippen molar-refractivity contribution in [2.75, 3.05) is 59.2 Å². The van der Waals surface area contributed by atoms with Gasteiger partial charge in [-0.2, -0.15) is 0 Å². The summed E-state index contributed by atoms with van der Waals surface area (Å²) >= 11 is 0. The number of aliphatic imine (C=N–C) groups is 1. The highest BCUT2D eigenvalue weighted by Gasteiger charge is 2.45. The lowest BCUT2D eigenvalue weighted by molar-refractivity contribution is -0.144. The van der Waals surface area contributed by atoms with Crippen LogP contribution in [0, 0.1) is 0 Å². The number of amides is 15. The molecular formula is C83H127N19O20. The fourth-order valence-corrected chi connectivity index (χ4v) is 14.9. The molecule has 6 rings (SSSR count). The Morgan fingerprint density at radius 3 is 1.91 bits per heavy atom. The van der Waals surface area contributed by atoms with Crippen LogP contribution in [0.4, 0.5) is 0 Å². The van der Waals surface area contributed by atoms with Crippen molar-refractivity contribution in [2.24, 2.45) is 33.7 Å². The van der Waals surface area contributed by atoms with Crippen LogP contribution < -0.4 is 81.8 Å². The van der Waals surface area contributed by atoms with Crippen molar-refractivity contribution in [2.45, 2.75) is 272 Å². The van der Waals surface area contributed by atoms with Gasteiger partial charge in [-0.15, -0.1) is 0 Å².